The van der Waals surface area contributed by atoms with E-state index in [9.17, 15) is 4.79 Å². The Morgan fingerprint density at radius 2 is 1.75 bits per heavy atom. The van der Waals surface area contributed by atoms with Gasteiger partial charge < -0.3 is 4.90 Å². The van der Waals surface area contributed by atoms with Gasteiger partial charge in [0.05, 0.1) is 5.41 Å². The fourth-order valence-electron chi connectivity index (χ4n) is 3.57. The molecular formula is C20H23Cl2NO. The summed E-state index contributed by atoms with van der Waals surface area (Å²) in [6, 6.07) is 15.8. The molecule has 2 aromatic carbocycles. The van der Waals surface area contributed by atoms with Crippen molar-refractivity contribution in [1.29, 1.82) is 0 Å². The molecule has 1 unspecified atom stereocenters. The normalized spacial score (nSPS) is 19.8. The number of carbonyl (C=O) groups is 1. The number of hydrogen-bond donors (Lipinski definition) is 0. The summed E-state index contributed by atoms with van der Waals surface area (Å²) in [6.07, 6.45) is 2.53. The maximum atomic E-state index is 13.4. The maximum absolute atomic E-state index is 13.4. The van der Waals surface area contributed by atoms with Crippen molar-refractivity contribution in [3.8, 4) is 0 Å². The molecule has 128 valence electrons. The maximum Gasteiger partial charge on any atom is 0.173 e. The Balaban J connectivity index is 0.00000208. The Hall–Kier alpha value is -1.35. The van der Waals surface area contributed by atoms with Crippen LogP contribution in [0.15, 0.2) is 48.5 Å². The second-order valence-electron chi connectivity index (χ2n) is 6.60. The Labute approximate surface area is 155 Å². The van der Waals surface area contributed by atoms with Gasteiger partial charge >= 0.3 is 0 Å². The van der Waals surface area contributed by atoms with Gasteiger partial charge in [-0.05, 0) is 57.1 Å². The van der Waals surface area contributed by atoms with Crippen molar-refractivity contribution in [2.24, 2.45) is 0 Å². The van der Waals surface area contributed by atoms with E-state index >= 15 is 0 Å². The van der Waals surface area contributed by atoms with Crippen LogP contribution in [-0.2, 0) is 11.8 Å². The number of halogens is 2. The summed E-state index contributed by atoms with van der Waals surface area (Å²) < 4.78 is 0. The third-order valence-corrected chi connectivity index (χ3v) is 5.22. The minimum Gasteiger partial charge on any atom is -0.309 e. The number of hydrogen-bond acceptors (Lipinski definition) is 2. The molecule has 0 N–H and O–H groups in total. The van der Waals surface area contributed by atoms with Crippen molar-refractivity contribution >= 4 is 29.8 Å². The highest BCUT2D eigenvalue weighted by Crippen LogP contribution is 2.43. The number of fused-ring (bicyclic) bond motifs is 1. The van der Waals surface area contributed by atoms with Gasteiger partial charge in [0.15, 0.2) is 5.78 Å². The van der Waals surface area contributed by atoms with Gasteiger partial charge in [-0.3, -0.25) is 4.79 Å². The summed E-state index contributed by atoms with van der Waals surface area (Å²) in [6.45, 7) is 0.860. The Kier molecular flexibility index (Phi) is 6.08. The molecule has 24 heavy (non-hydrogen) atoms. The van der Waals surface area contributed by atoms with E-state index in [1.54, 1.807) is 0 Å². The van der Waals surface area contributed by atoms with E-state index < -0.39 is 5.41 Å². The lowest BCUT2D eigenvalue weighted by molar-refractivity contribution is 0.0840. The lowest BCUT2D eigenvalue weighted by Gasteiger charge is -2.38. The zero-order valence-corrected chi connectivity index (χ0v) is 15.7. The first kappa shape index (κ1) is 19.0. The van der Waals surface area contributed by atoms with E-state index in [1.165, 1.54) is 0 Å². The van der Waals surface area contributed by atoms with Crippen molar-refractivity contribution in [2.45, 2.75) is 24.7 Å². The van der Waals surface area contributed by atoms with Gasteiger partial charge in [-0.1, -0.05) is 54.1 Å². The summed E-state index contributed by atoms with van der Waals surface area (Å²) in [5.41, 5.74) is 2.47. The molecule has 0 amide bonds. The first-order valence-corrected chi connectivity index (χ1v) is 8.45. The highest BCUT2D eigenvalue weighted by molar-refractivity contribution is 6.32. The number of Topliss-reactive ketones (excluding diaryl/α,β-unsaturated/α-hetero) is 1. The number of benzene rings is 2. The monoisotopic (exact) mass is 363 g/mol. The number of rotatable bonds is 4. The van der Waals surface area contributed by atoms with E-state index in [-0.39, 0.29) is 18.2 Å². The molecule has 4 heteroatoms. The molecule has 0 saturated carbocycles. The fourth-order valence-corrected chi connectivity index (χ4v) is 3.89. The van der Waals surface area contributed by atoms with E-state index in [0.717, 1.165) is 42.5 Å². The van der Waals surface area contributed by atoms with Crippen LogP contribution in [0.5, 0.6) is 0 Å². The topological polar surface area (TPSA) is 20.3 Å². The average molecular weight is 364 g/mol. The molecule has 3 rings (SSSR count). The van der Waals surface area contributed by atoms with Gasteiger partial charge in [0, 0.05) is 10.6 Å². The Morgan fingerprint density at radius 3 is 2.46 bits per heavy atom. The minimum atomic E-state index is -0.517. The predicted molar refractivity (Wildman–Crippen MR) is 103 cm³/mol. The van der Waals surface area contributed by atoms with E-state index in [0.29, 0.717) is 5.02 Å². The van der Waals surface area contributed by atoms with Gasteiger partial charge in [0.25, 0.3) is 0 Å². The highest BCUT2D eigenvalue weighted by atomic mass is 35.5. The van der Waals surface area contributed by atoms with Crippen molar-refractivity contribution in [3.63, 3.8) is 0 Å². The molecule has 0 fully saturated rings. The molecule has 0 heterocycles. The molecule has 0 aliphatic heterocycles. The standard InChI is InChI=1S/C20H22ClNO.ClH/c1-22(2)14-13-20(17-9-5-6-10-18(17)21)12-11-15-7-3-4-8-16(15)19(20)23;/h3-10H,11-14H2,1-2H3;1H. The van der Waals surface area contributed by atoms with Gasteiger partial charge in [0.1, 0.15) is 0 Å². The molecule has 0 spiro atoms. The molecule has 0 aromatic heterocycles. The van der Waals surface area contributed by atoms with Crippen LogP contribution in [0.4, 0.5) is 0 Å². The lowest BCUT2D eigenvalue weighted by Crippen LogP contribution is -2.42. The van der Waals surface area contributed by atoms with Crippen LogP contribution < -0.4 is 0 Å². The van der Waals surface area contributed by atoms with Crippen LogP contribution in [0.1, 0.15) is 34.3 Å². The number of aryl methyl sites for hydroxylation is 1. The molecule has 0 saturated heterocycles. The Morgan fingerprint density at radius 1 is 1.08 bits per heavy atom. The summed E-state index contributed by atoms with van der Waals surface area (Å²) >= 11 is 6.49. The second-order valence-corrected chi connectivity index (χ2v) is 7.01. The van der Waals surface area contributed by atoms with Gasteiger partial charge in [-0.25, -0.2) is 0 Å². The summed E-state index contributed by atoms with van der Waals surface area (Å²) in [4.78, 5) is 15.6. The molecule has 0 radical (unpaired) electrons. The van der Waals surface area contributed by atoms with Crippen molar-refractivity contribution in [2.75, 3.05) is 20.6 Å². The smallest absolute Gasteiger partial charge is 0.173 e. The highest BCUT2D eigenvalue weighted by Gasteiger charge is 2.44. The van der Waals surface area contributed by atoms with Crippen LogP contribution in [0.2, 0.25) is 5.02 Å². The molecular weight excluding hydrogens is 341 g/mol. The Bertz CT molecular complexity index is 729. The fraction of sp³-hybridized carbons (Fsp3) is 0.350. The third kappa shape index (κ3) is 3.37. The molecule has 0 bridgehead atoms. The van der Waals surface area contributed by atoms with E-state index in [2.05, 4.69) is 11.0 Å². The van der Waals surface area contributed by atoms with Crippen LogP contribution in [-0.4, -0.2) is 31.3 Å². The summed E-state index contributed by atoms with van der Waals surface area (Å²) in [5, 5.41) is 0.694. The van der Waals surface area contributed by atoms with Crippen LogP contribution in [0.25, 0.3) is 0 Å². The summed E-state index contributed by atoms with van der Waals surface area (Å²) in [7, 11) is 4.09. The SMILES string of the molecule is CN(C)CCC1(c2ccccc2Cl)CCc2ccccc2C1=O.Cl. The first-order valence-electron chi connectivity index (χ1n) is 8.07. The average Bonchev–Trinajstić information content (AvgIpc) is 2.55. The van der Waals surface area contributed by atoms with Gasteiger partial charge in [-0.15, -0.1) is 12.4 Å². The van der Waals surface area contributed by atoms with Crippen molar-refractivity contribution in [1.82, 2.24) is 4.90 Å². The molecule has 2 nitrogen and oxygen atoms in total. The van der Waals surface area contributed by atoms with Crippen LogP contribution >= 0.6 is 24.0 Å². The van der Waals surface area contributed by atoms with E-state index in [1.807, 2.05) is 56.6 Å². The summed E-state index contributed by atoms with van der Waals surface area (Å²) in [5.74, 6) is 0.217. The number of nitrogens with zero attached hydrogens (tertiary/aromatic N) is 1. The van der Waals surface area contributed by atoms with Gasteiger partial charge in [0.2, 0.25) is 0 Å². The van der Waals surface area contributed by atoms with Crippen LogP contribution in [0, 0.1) is 0 Å². The minimum absolute atomic E-state index is 0. The zero-order chi connectivity index (χ0) is 16.4. The number of carbonyl (C=O) groups excluding carboxylic acids is 1. The van der Waals surface area contributed by atoms with Crippen molar-refractivity contribution < 1.29 is 4.79 Å². The zero-order valence-electron chi connectivity index (χ0n) is 14.1. The third-order valence-electron chi connectivity index (χ3n) is 4.89. The molecule has 1 atom stereocenters. The van der Waals surface area contributed by atoms with Crippen LogP contribution in [0.3, 0.4) is 0 Å². The second kappa shape index (κ2) is 7.69. The van der Waals surface area contributed by atoms with Gasteiger partial charge in [-0.2, -0.15) is 0 Å². The molecule has 1 aliphatic rings. The molecule has 1 aliphatic carbocycles. The predicted octanol–water partition coefficient (Wildman–Crippen LogP) is 4.78. The largest absolute Gasteiger partial charge is 0.309 e. The van der Waals surface area contributed by atoms with E-state index in [4.69, 9.17) is 11.6 Å². The number of ketones is 1. The lowest BCUT2D eigenvalue weighted by atomic mass is 9.64. The molecule has 2 aromatic rings. The first-order chi connectivity index (χ1) is 11.0. The quantitative estimate of drug-likeness (QED) is 0.778. The van der Waals surface area contributed by atoms with Crippen molar-refractivity contribution in [3.05, 3.63) is 70.2 Å².